The molecule has 0 amide bonds. The average Bonchev–Trinajstić information content (AvgIpc) is 2.34. The van der Waals surface area contributed by atoms with Gasteiger partial charge in [-0.3, -0.25) is 4.84 Å². The molecule has 0 aliphatic carbocycles. The van der Waals surface area contributed by atoms with Crippen LogP contribution in [0.25, 0.3) is 0 Å². The Hall–Kier alpha value is -0.810. The molecule has 9 heteroatoms. The Bertz CT molecular complexity index is 264. The van der Waals surface area contributed by atoms with Gasteiger partial charge in [0.05, 0.1) is 19.3 Å². The van der Waals surface area contributed by atoms with Crippen LogP contribution in [0.4, 0.5) is 0 Å². The number of hydrogen-bond donors (Lipinski definition) is 5. The first kappa shape index (κ1) is 18.2. The lowest BCUT2D eigenvalue weighted by atomic mass is 10.0. The number of carboxylic acids is 1. The SMILES string of the molecule is COC[C@@H](O)[C@@H](O)[C@H](O)C(O)CN(C)OCC(=O)O. The summed E-state index contributed by atoms with van der Waals surface area (Å²) in [5, 5.41) is 47.5. The Morgan fingerprint density at radius 2 is 1.68 bits per heavy atom. The number of aliphatic carboxylic acids is 1. The van der Waals surface area contributed by atoms with E-state index < -0.39 is 37.0 Å². The van der Waals surface area contributed by atoms with Crippen molar-refractivity contribution in [3.8, 4) is 0 Å². The topological polar surface area (TPSA) is 140 Å². The maximum Gasteiger partial charge on any atom is 0.331 e. The number of likely N-dealkylation sites (N-methyl/N-ethyl adjacent to an activating group) is 1. The second kappa shape index (κ2) is 9.15. The van der Waals surface area contributed by atoms with Gasteiger partial charge in [-0.25, -0.2) is 4.79 Å². The molecule has 0 fully saturated rings. The first-order chi connectivity index (χ1) is 8.79. The third kappa shape index (κ3) is 7.38. The van der Waals surface area contributed by atoms with E-state index in [-0.39, 0.29) is 13.2 Å². The Labute approximate surface area is 110 Å². The highest BCUT2D eigenvalue weighted by Gasteiger charge is 2.31. The zero-order valence-electron chi connectivity index (χ0n) is 10.8. The van der Waals surface area contributed by atoms with Crippen LogP contribution < -0.4 is 0 Å². The molecule has 0 saturated carbocycles. The number of carboxylic acid groups (broad SMARTS) is 1. The molecule has 5 N–H and O–H groups in total. The largest absolute Gasteiger partial charge is 0.479 e. The molecule has 0 bridgehead atoms. The Morgan fingerprint density at radius 1 is 1.16 bits per heavy atom. The number of hydroxylamine groups is 2. The lowest BCUT2D eigenvalue weighted by Crippen LogP contribution is -2.49. The van der Waals surface area contributed by atoms with Gasteiger partial charge in [-0.05, 0) is 0 Å². The van der Waals surface area contributed by atoms with Crippen LogP contribution >= 0.6 is 0 Å². The third-order valence-electron chi connectivity index (χ3n) is 2.33. The van der Waals surface area contributed by atoms with Crippen LogP contribution in [0, 0.1) is 0 Å². The second-order valence-corrected chi connectivity index (χ2v) is 4.05. The zero-order chi connectivity index (χ0) is 15.0. The summed E-state index contributed by atoms with van der Waals surface area (Å²) in [7, 11) is 2.67. The molecule has 4 atom stereocenters. The maximum atomic E-state index is 10.2. The summed E-state index contributed by atoms with van der Waals surface area (Å²) in [6.45, 7) is -1.03. The van der Waals surface area contributed by atoms with Crippen molar-refractivity contribution in [3.63, 3.8) is 0 Å². The van der Waals surface area contributed by atoms with Gasteiger partial charge in [0.1, 0.15) is 18.3 Å². The Kier molecular flexibility index (Phi) is 8.76. The minimum atomic E-state index is -1.62. The fourth-order valence-electron chi connectivity index (χ4n) is 1.31. The second-order valence-electron chi connectivity index (χ2n) is 4.05. The summed E-state index contributed by atoms with van der Waals surface area (Å²) >= 11 is 0. The van der Waals surface area contributed by atoms with Crippen molar-refractivity contribution in [3.05, 3.63) is 0 Å². The van der Waals surface area contributed by atoms with Gasteiger partial charge in [0, 0.05) is 14.2 Å². The molecule has 0 saturated heterocycles. The first-order valence-electron chi connectivity index (χ1n) is 5.56. The fraction of sp³-hybridized carbons (Fsp3) is 0.900. The summed E-state index contributed by atoms with van der Waals surface area (Å²) < 4.78 is 4.60. The van der Waals surface area contributed by atoms with Gasteiger partial charge < -0.3 is 30.3 Å². The van der Waals surface area contributed by atoms with Crippen LogP contribution in [0.3, 0.4) is 0 Å². The number of carbonyl (C=O) groups is 1. The van der Waals surface area contributed by atoms with Crippen molar-refractivity contribution in [1.82, 2.24) is 5.06 Å². The van der Waals surface area contributed by atoms with E-state index in [1.165, 1.54) is 14.2 Å². The number of ether oxygens (including phenoxy) is 1. The van der Waals surface area contributed by atoms with Crippen molar-refractivity contribution in [2.24, 2.45) is 0 Å². The van der Waals surface area contributed by atoms with Gasteiger partial charge in [0.15, 0.2) is 6.61 Å². The lowest BCUT2D eigenvalue weighted by molar-refractivity contribution is -0.190. The van der Waals surface area contributed by atoms with Gasteiger partial charge in [-0.15, -0.1) is 0 Å². The number of hydrogen-bond acceptors (Lipinski definition) is 8. The average molecular weight is 283 g/mol. The molecule has 0 aliphatic heterocycles. The third-order valence-corrected chi connectivity index (χ3v) is 2.33. The molecule has 0 radical (unpaired) electrons. The van der Waals surface area contributed by atoms with Gasteiger partial charge in [0.25, 0.3) is 0 Å². The van der Waals surface area contributed by atoms with Crippen molar-refractivity contribution in [1.29, 1.82) is 0 Å². The van der Waals surface area contributed by atoms with Crippen LogP contribution in [-0.4, -0.2) is 94.9 Å². The summed E-state index contributed by atoms with van der Waals surface area (Å²) in [5.41, 5.74) is 0. The molecule has 0 heterocycles. The summed E-state index contributed by atoms with van der Waals surface area (Å²) in [4.78, 5) is 14.9. The van der Waals surface area contributed by atoms with Crippen molar-refractivity contribution in [2.75, 3.05) is 33.9 Å². The van der Waals surface area contributed by atoms with Crippen LogP contribution in [0.2, 0.25) is 0 Å². The van der Waals surface area contributed by atoms with Crippen LogP contribution in [-0.2, 0) is 14.4 Å². The highest BCUT2D eigenvalue weighted by Crippen LogP contribution is 2.07. The van der Waals surface area contributed by atoms with Gasteiger partial charge in [0.2, 0.25) is 0 Å². The molecule has 0 aromatic carbocycles. The van der Waals surface area contributed by atoms with E-state index in [1.807, 2.05) is 0 Å². The number of rotatable bonds is 10. The zero-order valence-corrected chi connectivity index (χ0v) is 10.8. The van der Waals surface area contributed by atoms with E-state index in [1.54, 1.807) is 0 Å². The minimum absolute atomic E-state index is 0.198. The summed E-state index contributed by atoms with van der Waals surface area (Å²) in [6.07, 6.45) is -6.00. The number of aliphatic hydroxyl groups is 4. The molecule has 0 aliphatic rings. The van der Waals surface area contributed by atoms with Gasteiger partial charge in [-0.2, -0.15) is 5.06 Å². The van der Waals surface area contributed by atoms with E-state index in [0.717, 1.165) is 5.06 Å². The molecule has 9 nitrogen and oxygen atoms in total. The molecule has 1 unspecified atom stereocenters. The molecule has 114 valence electrons. The molecule has 0 spiro atoms. The molecular weight excluding hydrogens is 262 g/mol. The van der Waals surface area contributed by atoms with Crippen molar-refractivity contribution in [2.45, 2.75) is 24.4 Å². The Morgan fingerprint density at radius 3 is 2.16 bits per heavy atom. The summed E-state index contributed by atoms with van der Waals surface area (Å²) in [5.74, 6) is -1.18. The highest BCUT2D eigenvalue weighted by atomic mass is 16.7. The van der Waals surface area contributed by atoms with E-state index in [0.29, 0.717) is 0 Å². The smallest absolute Gasteiger partial charge is 0.331 e. The fourth-order valence-corrected chi connectivity index (χ4v) is 1.31. The quantitative estimate of drug-likeness (QED) is 0.266. The Balaban J connectivity index is 4.17. The van der Waals surface area contributed by atoms with E-state index in [2.05, 4.69) is 4.74 Å². The van der Waals surface area contributed by atoms with Crippen LogP contribution in [0.15, 0.2) is 0 Å². The number of methoxy groups -OCH3 is 1. The van der Waals surface area contributed by atoms with E-state index in [9.17, 15) is 25.2 Å². The molecule has 19 heavy (non-hydrogen) atoms. The minimum Gasteiger partial charge on any atom is -0.479 e. The predicted octanol–water partition coefficient (Wildman–Crippen LogP) is -2.98. The highest BCUT2D eigenvalue weighted by molar-refractivity contribution is 5.67. The normalized spacial score (nSPS) is 18.1. The standard InChI is InChI=1S/C10H21NO8/c1-11(19-5-8(14)15)3-6(12)9(16)10(17)7(13)4-18-2/h6-7,9-10,12-13,16-17H,3-5H2,1-2H3,(H,14,15)/t6?,7-,9-,10-/m1/s1. The lowest BCUT2D eigenvalue weighted by Gasteiger charge is -2.28. The maximum absolute atomic E-state index is 10.2. The van der Waals surface area contributed by atoms with E-state index in [4.69, 9.17) is 9.94 Å². The molecular formula is C10H21NO8. The molecule has 0 aromatic rings. The van der Waals surface area contributed by atoms with Crippen LogP contribution in [0.1, 0.15) is 0 Å². The van der Waals surface area contributed by atoms with Crippen LogP contribution in [0.5, 0.6) is 0 Å². The van der Waals surface area contributed by atoms with Crippen molar-refractivity contribution >= 4 is 5.97 Å². The molecule has 0 aromatic heterocycles. The predicted molar refractivity (Wildman–Crippen MR) is 62.1 cm³/mol. The van der Waals surface area contributed by atoms with E-state index >= 15 is 0 Å². The number of nitrogens with zero attached hydrogens (tertiary/aromatic N) is 1. The van der Waals surface area contributed by atoms with Gasteiger partial charge in [-0.1, -0.05) is 0 Å². The van der Waals surface area contributed by atoms with Gasteiger partial charge >= 0.3 is 5.97 Å². The summed E-state index contributed by atoms with van der Waals surface area (Å²) in [6, 6.07) is 0. The molecule has 0 rings (SSSR count). The number of aliphatic hydroxyl groups excluding tert-OH is 4. The first-order valence-corrected chi connectivity index (χ1v) is 5.56. The van der Waals surface area contributed by atoms with Crippen molar-refractivity contribution < 1.29 is 39.9 Å². The monoisotopic (exact) mass is 283 g/mol.